The summed E-state index contributed by atoms with van der Waals surface area (Å²) in [5.41, 5.74) is 10.2. The van der Waals surface area contributed by atoms with Gasteiger partial charge in [-0.15, -0.1) is 0 Å². The SMILES string of the molecule is c1ccc(-c2c(-c3ccc(N(c4cccc5c4oc4ccccc45)c4cccc5c4oc4ccccc45)cc3)oc3c4ccccc4c4ccccc4c23)cc1. The zero-order valence-electron chi connectivity index (χ0n) is 30.1. The number of benzene rings is 9. The van der Waals surface area contributed by atoms with Gasteiger partial charge in [-0.25, -0.2) is 0 Å². The highest BCUT2D eigenvalue weighted by molar-refractivity contribution is 6.28. The molecule has 0 radical (unpaired) electrons. The molecule has 0 fully saturated rings. The molecule has 4 nitrogen and oxygen atoms in total. The van der Waals surface area contributed by atoms with Crippen molar-refractivity contribution in [2.45, 2.75) is 0 Å². The first-order valence-electron chi connectivity index (χ1n) is 18.9. The van der Waals surface area contributed by atoms with E-state index in [1.807, 2.05) is 24.3 Å². The van der Waals surface area contributed by atoms with Crippen LogP contribution in [0.25, 0.3) is 98.8 Å². The van der Waals surface area contributed by atoms with Crippen LogP contribution in [0.1, 0.15) is 0 Å². The lowest BCUT2D eigenvalue weighted by Crippen LogP contribution is -2.10. The Kier molecular flexibility index (Phi) is 6.60. The number of furan rings is 3. The van der Waals surface area contributed by atoms with Gasteiger partial charge in [0.1, 0.15) is 22.5 Å². The molecular formula is C52H31NO3. The van der Waals surface area contributed by atoms with Crippen LogP contribution in [0.2, 0.25) is 0 Å². The van der Waals surface area contributed by atoms with Gasteiger partial charge in [-0.1, -0.05) is 140 Å². The number of para-hydroxylation sites is 4. The third-order valence-corrected chi connectivity index (χ3v) is 11.3. The Morgan fingerprint density at radius 3 is 1.38 bits per heavy atom. The highest BCUT2D eigenvalue weighted by Crippen LogP contribution is 2.49. The lowest BCUT2D eigenvalue weighted by molar-refractivity contribution is 0.636. The summed E-state index contributed by atoms with van der Waals surface area (Å²) >= 11 is 0. The van der Waals surface area contributed by atoms with E-state index in [0.29, 0.717) is 0 Å². The molecule has 0 aliphatic carbocycles. The molecule has 0 amide bonds. The summed E-state index contributed by atoms with van der Waals surface area (Å²) in [6, 6.07) is 65.7. The molecule has 3 heterocycles. The molecular weight excluding hydrogens is 687 g/mol. The highest BCUT2D eigenvalue weighted by atomic mass is 16.3. The first-order valence-corrected chi connectivity index (χ1v) is 18.9. The van der Waals surface area contributed by atoms with E-state index in [1.54, 1.807) is 0 Å². The fourth-order valence-corrected chi connectivity index (χ4v) is 8.80. The topological polar surface area (TPSA) is 42.7 Å². The van der Waals surface area contributed by atoms with Gasteiger partial charge in [0.2, 0.25) is 0 Å². The first kappa shape index (κ1) is 30.9. The maximum atomic E-state index is 7.07. The van der Waals surface area contributed by atoms with Crippen LogP contribution in [-0.4, -0.2) is 0 Å². The van der Waals surface area contributed by atoms with Gasteiger partial charge in [0.15, 0.2) is 11.2 Å². The lowest BCUT2D eigenvalue weighted by Gasteiger charge is -2.25. The standard InChI is InChI=1S/C52H31NO3/c1-2-14-32(15-3-1)47-48-39-20-6-4-16-35(39)36-17-5-7-21-40(36)52(48)56-49(47)33-28-30-34(31-29-33)53(43-24-12-22-41-37-18-8-10-26-45(37)54-50(41)43)44-25-13-23-42-38-19-9-11-27-46(38)55-51(42)44/h1-31H. The quantitative estimate of drug-likeness (QED) is 0.166. The number of hydrogen-bond acceptors (Lipinski definition) is 4. The highest BCUT2D eigenvalue weighted by Gasteiger charge is 2.25. The molecule has 4 heteroatoms. The van der Waals surface area contributed by atoms with Crippen molar-refractivity contribution in [3.8, 4) is 22.5 Å². The van der Waals surface area contributed by atoms with Gasteiger partial charge in [0.25, 0.3) is 0 Å². The minimum absolute atomic E-state index is 0.813. The van der Waals surface area contributed by atoms with Crippen molar-refractivity contribution in [2.75, 3.05) is 4.90 Å². The smallest absolute Gasteiger partial charge is 0.159 e. The molecule has 0 N–H and O–H groups in total. The Morgan fingerprint density at radius 2 is 0.768 bits per heavy atom. The van der Waals surface area contributed by atoms with Gasteiger partial charge in [-0.3, -0.25) is 0 Å². The fraction of sp³-hybridized carbons (Fsp3) is 0. The number of rotatable bonds is 5. The number of hydrogen-bond donors (Lipinski definition) is 0. The Hall–Kier alpha value is -7.56. The van der Waals surface area contributed by atoms with Gasteiger partial charge in [-0.2, -0.15) is 0 Å². The maximum Gasteiger partial charge on any atom is 0.159 e. The Labute approximate surface area is 321 Å². The molecule has 0 saturated carbocycles. The largest absolute Gasteiger partial charge is 0.455 e. The van der Waals surface area contributed by atoms with Crippen LogP contribution >= 0.6 is 0 Å². The van der Waals surface area contributed by atoms with Crippen molar-refractivity contribution in [2.24, 2.45) is 0 Å². The Morgan fingerprint density at radius 1 is 0.304 bits per heavy atom. The molecule has 0 atom stereocenters. The molecule has 0 aliphatic rings. The zero-order chi connectivity index (χ0) is 36.7. The summed E-state index contributed by atoms with van der Waals surface area (Å²) < 4.78 is 20.4. The summed E-state index contributed by atoms with van der Waals surface area (Å²) in [5, 5.41) is 10.1. The predicted molar refractivity (Wildman–Crippen MR) is 231 cm³/mol. The van der Waals surface area contributed by atoms with Crippen molar-refractivity contribution < 1.29 is 13.3 Å². The van der Waals surface area contributed by atoms with E-state index >= 15 is 0 Å². The zero-order valence-corrected chi connectivity index (χ0v) is 30.1. The molecule has 0 saturated heterocycles. The van der Waals surface area contributed by atoms with E-state index in [-0.39, 0.29) is 0 Å². The van der Waals surface area contributed by atoms with Gasteiger partial charge in [0.05, 0.1) is 11.4 Å². The second-order valence-electron chi connectivity index (χ2n) is 14.4. The molecule has 3 aromatic heterocycles. The van der Waals surface area contributed by atoms with E-state index in [9.17, 15) is 0 Å². The van der Waals surface area contributed by atoms with Crippen LogP contribution < -0.4 is 4.90 Å². The van der Waals surface area contributed by atoms with E-state index in [4.69, 9.17) is 13.3 Å². The minimum atomic E-state index is 0.813. The summed E-state index contributed by atoms with van der Waals surface area (Å²) in [5.74, 6) is 0.838. The second-order valence-corrected chi connectivity index (χ2v) is 14.4. The van der Waals surface area contributed by atoms with Gasteiger partial charge in [-0.05, 0) is 70.3 Å². The number of fused-ring (bicyclic) bond motifs is 12. The molecule has 0 unspecified atom stereocenters. The van der Waals surface area contributed by atoms with Crippen molar-refractivity contribution in [3.05, 3.63) is 188 Å². The van der Waals surface area contributed by atoms with E-state index in [2.05, 4.69) is 169 Å². The van der Waals surface area contributed by atoms with Crippen LogP contribution in [0.15, 0.2) is 201 Å². The lowest BCUT2D eigenvalue weighted by atomic mass is 9.92. The molecule has 12 aromatic rings. The predicted octanol–water partition coefficient (Wildman–Crippen LogP) is 15.3. The van der Waals surface area contributed by atoms with Gasteiger partial charge in [0, 0.05) is 49.1 Å². The normalized spacial score (nSPS) is 11.9. The van der Waals surface area contributed by atoms with Gasteiger partial charge < -0.3 is 18.2 Å². The summed E-state index contributed by atoms with van der Waals surface area (Å²) in [7, 11) is 0. The van der Waals surface area contributed by atoms with Crippen LogP contribution in [0.5, 0.6) is 0 Å². The second kappa shape index (κ2) is 12.0. The minimum Gasteiger partial charge on any atom is -0.455 e. The van der Waals surface area contributed by atoms with Crippen LogP contribution in [-0.2, 0) is 0 Å². The Balaban J connectivity index is 1.11. The molecule has 262 valence electrons. The van der Waals surface area contributed by atoms with Crippen molar-refractivity contribution in [1.82, 2.24) is 0 Å². The molecule has 9 aromatic carbocycles. The molecule has 0 spiro atoms. The number of nitrogens with zero attached hydrogens (tertiary/aromatic N) is 1. The average molecular weight is 718 g/mol. The van der Waals surface area contributed by atoms with Crippen LogP contribution in [0, 0.1) is 0 Å². The average Bonchev–Trinajstić information content (AvgIpc) is 3.97. The van der Waals surface area contributed by atoms with Crippen molar-refractivity contribution >= 4 is 93.5 Å². The summed E-state index contributed by atoms with van der Waals surface area (Å²) in [6.45, 7) is 0. The van der Waals surface area contributed by atoms with Crippen LogP contribution in [0.4, 0.5) is 17.1 Å². The maximum absolute atomic E-state index is 7.07. The van der Waals surface area contributed by atoms with Gasteiger partial charge >= 0.3 is 0 Å². The summed E-state index contributed by atoms with van der Waals surface area (Å²) in [6.07, 6.45) is 0. The third kappa shape index (κ3) is 4.47. The van der Waals surface area contributed by atoms with E-state index in [1.165, 1.54) is 16.2 Å². The van der Waals surface area contributed by atoms with Crippen LogP contribution in [0.3, 0.4) is 0 Å². The van der Waals surface area contributed by atoms with Crippen molar-refractivity contribution in [3.63, 3.8) is 0 Å². The van der Waals surface area contributed by atoms with E-state index in [0.717, 1.165) is 99.7 Å². The van der Waals surface area contributed by atoms with Crippen molar-refractivity contribution in [1.29, 1.82) is 0 Å². The summed E-state index contributed by atoms with van der Waals surface area (Å²) in [4.78, 5) is 2.26. The van der Waals surface area contributed by atoms with E-state index < -0.39 is 0 Å². The molecule has 0 bridgehead atoms. The monoisotopic (exact) mass is 717 g/mol. The molecule has 12 rings (SSSR count). The molecule has 0 aliphatic heterocycles. The third-order valence-electron chi connectivity index (χ3n) is 11.3. The molecule has 56 heavy (non-hydrogen) atoms. The number of anilines is 3. The first-order chi connectivity index (χ1) is 27.8. The Bertz CT molecular complexity index is 3360. The fourth-order valence-electron chi connectivity index (χ4n) is 8.80.